The summed E-state index contributed by atoms with van der Waals surface area (Å²) < 4.78 is 38.9. The first-order valence-electron chi connectivity index (χ1n) is 12.0. The Balaban J connectivity index is 1.82. The molecule has 0 saturated carbocycles. The number of nitrogens with two attached hydrogens (primary N) is 4. The molecule has 1 heterocycles. The second kappa shape index (κ2) is 12.3. The number of aromatic nitrogens is 1. The molecule has 0 aliphatic heterocycles. The molecule has 1 aromatic heterocycles. The van der Waals surface area contributed by atoms with Crippen molar-refractivity contribution in [2.24, 2.45) is 28.3 Å². The quantitative estimate of drug-likeness (QED) is 0.217. The third kappa shape index (κ3) is 7.25. The van der Waals surface area contributed by atoms with E-state index in [2.05, 4.69) is 15.6 Å². The van der Waals surface area contributed by atoms with E-state index in [1.54, 1.807) is 6.07 Å². The monoisotopic (exact) mass is 531 g/mol. The number of fused-ring (bicyclic) bond motifs is 1. The number of para-hydroxylation sites is 1. The second-order valence-corrected chi connectivity index (χ2v) is 9.29. The van der Waals surface area contributed by atoms with E-state index < -0.39 is 41.1 Å². The maximum Gasteiger partial charge on any atom is 0.416 e. The van der Waals surface area contributed by atoms with Crippen LogP contribution in [0.2, 0.25) is 0 Å². The van der Waals surface area contributed by atoms with Gasteiger partial charge in [0.2, 0.25) is 11.8 Å². The molecule has 38 heavy (non-hydrogen) atoms. The van der Waals surface area contributed by atoms with Crippen molar-refractivity contribution < 1.29 is 22.8 Å². The number of anilines is 1. The number of carbonyl (C=O) groups excluding carboxylic acids is 2. The predicted molar refractivity (Wildman–Crippen MR) is 140 cm³/mol. The van der Waals surface area contributed by atoms with Crippen molar-refractivity contribution in [3.8, 4) is 0 Å². The number of pyridine rings is 1. The molecule has 0 radical (unpaired) electrons. The molecular weight excluding hydrogens is 499 g/mol. The summed E-state index contributed by atoms with van der Waals surface area (Å²) in [5.41, 5.74) is 23.5. The molecule has 204 valence electrons. The molecule has 12 heteroatoms. The van der Waals surface area contributed by atoms with E-state index in [-0.39, 0.29) is 32.5 Å². The minimum absolute atomic E-state index is 0.0841. The molecule has 0 spiro atoms. The summed E-state index contributed by atoms with van der Waals surface area (Å²) in [5, 5.41) is 6.13. The molecule has 2 amide bonds. The molecule has 9 nitrogen and oxygen atoms in total. The van der Waals surface area contributed by atoms with E-state index >= 15 is 0 Å². The molecule has 0 fully saturated rings. The maximum atomic E-state index is 13.3. The Kier molecular flexibility index (Phi) is 9.39. The molecular formula is C26H32F3N7O2. The lowest BCUT2D eigenvalue weighted by Crippen LogP contribution is -2.55. The van der Waals surface area contributed by atoms with E-state index in [9.17, 15) is 22.8 Å². The first-order valence-corrected chi connectivity index (χ1v) is 12.0. The average Bonchev–Trinajstić information content (AvgIpc) is 2.91. The molecule has 0 saturated heterocycles. The molecule has 0 bridgehead atoms. The number of hydrogen-bond acceptors (Lipinski definition) is 7. The van der Waals surface area contributed by atoms with Crippen LogP contribution in [0.3, 0.4) is 0 Å². The Labute approximate surface area is 218 Å². The van der Waals surface area contributed by atoms with Crippen molar-refractivity contribution in [2.75, 3.05) is 25.0 Å². The van der Waals surface area contributed by atoms with Crippen LogP contribution in [0, 0.1) is 5.41 Å². The number of hydrogen-bond donors (Lipinski definition) is 6. The fourth-order valence-electron chi connectivity index (χ4n) is 3.98. The minimum Gasteiger partial charge on any atom is -0.343 e. The molecule has 10 N–H and O–H groups in total. The molecule has 0 aliphatic rings. The molecule has 2 atom stereocenters. The number of nitrogens with zero attached hydrogens (tertiary/aromatic N) is 1. The van der Waals surface area contributed by atoms with Crippen LogP contribution in [0.15, 0.2) is 60.8 Å². The largest absolute Gasteiger partial charge is 0.416 e. The Bertz CT molecular complexity index is 1240. The Hall–Kier alpha value is -3.58. The van der Waals surface area contributed by atoms with E-state index in [0.29, 0.717) is 11.3 Å². The van der Waals surface area contributed by atoms with Gasteiger partial charge in [0.25, 0.3) is 0 Å². The lowest BCUT2D eigenvalue weighted by atomic mass is 9.81. The number of alkyl halides is 3. The van der Waals surface area contributed by atoms with Crippen LogP contribution in [0.5, 0.6) is 0 Å². The van der Waals surface area contributed by atoms with Crippen LogP contribution in [-0.2, 0) is 22.2 Å². The van der Waals surface area contributed by atoms with Crippen LogP contribution >= 0.6 is 0 Å². The van der Waals surface area contributed by atoms with Crippen LogP contribution in [0.25, 0.3) is 10.9 Å². The van der Waals surface area contributed by atoms with Crippen molar-refractivity contribution in [3.63, 3.8) is 0 Å². The van der Waals surface area contributed by atoms with Crippen LogP contribution in [0.4, 0.5) is 18.9 Å². The number of rotatable bonds is 11. The summed E-state index contributed by atoms with van der Waals surface area (Å²) in [6.07, 6.45) is -3.02. The average molecular weight is 532 g/mol. The van der Waals surface area contributed by atoms with Gasteiger partial charge in [0.05, 0.1) is 29.0 Å². The zero-order valence-corrected chi connectivity index (χ0v) is 20.7. The lowest BCUT2D eigenvalue weighted by molar-refractivity contribution is -0.137. The van der Waals surface area contributed by atoms with Gasteiger partial charge in [-0.05, 0) is 36.2 Å². The van der Waals surface area contributed by atoms with Gasteiger partial charge in [0.15, 0.2) is 0 Å². The van der Waals surface area contributed by atoms with E-state index in [4.69, 9.17) is 22.9 Å². The third-order valence-corrected chi connectivity index (χ3v) is 6.50. The zero-order chi connectivity index (χ0) is 27.9. The fourth-order valence-corrected chi connectivity index (χ4v) is 3.98. The van der Waals surface area contributed by atoms with Crippen molar-refractivity contribution in [3.05, 3.63) is 71.9 Å². The highest BCUT2D eigenvalue weighted by Gasteiger charge is 2.33. The number of carbonyl (C=O) groups is 2. The SMILES string of the molecule is NCC(CN)(CN)C[C@H](N)C(=O)N[C@H](Cc1ccc(C(F)(F)F)cc1)C(=O)Nc1cnc2ccccc2c1. The number of amides is 2. The summed E-state index contributed by atoms with van der Waals surface area (Å²) in [7, 11) is 0. The third-order valence-electron chi connectivity index (χ3n) is 6.50. The molecule has 0 aliphatic carbocycles. The van der Waals surface area contributed by atoms with Gasteiger partial charge in [-0.15, -0.1) is 0 Å². The lowest BCUT2D eigenvalue weighted by Gasteiger charge is -2.32. The number of benzene rings is 2. The standard InChI is InChI=1S/C26H32F3N7O2/c27-26(28,29)18-7-5-16(6-8-18)9-22(36-23(37)20(33)11-25(13-30,14-31)15-32)24(38)35-19-10-17-3-1-2-4-21(17)34-12-19/h1-8,10,12,20,22H,9,11,13-15,30-33H2,(H,35,38)(H,36,37)/t20-,22+/m0/s1. The maximum absolute atomic E-state index is 13.3. The summed E-state index contributed by atoms with van der Waals surface area (Å²) in [6, 6.07) is 11.2. The summed E-state index contributed by atoms with van der Waals surface area (Å²) in [4.78, 5) is 30.5. The first kappa shape index (κ1) is 29.0. The van der Waals surface area contributed by atoms with Crippen molar-refractivity contribution >= 4 is 28.4 Å². The Morgan fingerprint density at radius 1 is 0.921 bits per heavy atom. The Morgan fingerprint density at radius 3 is 2.16 bits per heavy atom. The van der Waals surface area contributed by atoms with Crippen LogP contribution in [-0.4, -0.2) is 48.5 Å². The Morgan fingerprint density at radius 2 is 1.55 bits per heavy atom. The summed E-state index contributed by atoms with van der Waals surface area (Å²) in [5.74, 6) is -1.24. The van der Waals surface area contributed by atoms with E-state index in [1.807, 2.05) is 24.3 Å². The molecule has 2 aromatic carbocycles. The van der Waals surface area contributed by atoms with E-state index in [0.717, 1.165) is 23.0 Å². The molecule has 0 unspecified atom stereocenters. The van der Waals surface area contributed by atoms with Crippen molar-refractivity contribution in [1.82, 2.24) is 10.3 Å². The zero-order valence-electron chi connectivity index (χ0n) is 20.7. The van der Waals surface area contributed by atoms with Crippen molar-refractivity contribution in [2.45, 2.75) is 31.1 Å². The minimum atomic E-state index is -4.50. The van der Waals surface area contributed by atoms with Crippen LogP contribution in [0.1, 0.15) is 17.5 Å². The van der Waals surface area contributed by atoms with Gasteiger partial charge in [0.1, 0.15) is 6.04 Å². The van der Waals surface area contributed by atoms with Gasteiger partial charge in [-0.2, -0.15) is 13.2 Å². The molecule has 3 rings (SSSR count). The highest BCUT2D eigenvalue weighted by molar-refractivity contribution is 5.99. The summed E-state index contributed by atoms with van der Waals surface area (Å²) in [6.45, 7) is 0.349. The molecule has 3 aromatic rings. The number of halogens is 3. The number of nitrogens with one attached hydrogen (secondary N) is 2. The second-order valence-electron chi connectivity index (χ2n) is 9.29. The van der Waals surface area contributed by atoms with E-state index in [1.165, 1.54) is 18.3 Å². The van der Waals surface area contributed by atoms with Gasteiger partial charge >= 0.3 is 6.18 Å². The first-order chi connectivity index (χ1) is 18.0. The smallest absolute Gasteiger partial charge is 0.343 e. The van der Waals surface area contributed by atoms with Gasteiger partial charge in [-0.1, -0.05) is 30.3 Å². The van der Waals surface area contributed by atoms with Gasteiger partial charge in [-0.25, -0.2) is 0 Å². The van der Waals surface area contributed by atoms with Gasteiger partial charge in [0, 0.05) is 36.9 Å². The van der Waals surface area contributed by atoms with Crippen molar-refractivity contribution in [1.29, 1.82) is 0 Å². The predicted octanol–water partition coefficient (Wildman–Crippen LogP) is 1.50. The fraction of sp³-hybridized carbons (Fsp3) is 0.346. The highest BCUT2D eigenvalue weighted by atomic mass is 19.4. The normalized spacial score (nSPS) is 13.7. The topological polar surface area (TPSA) is 175 Å². The van der Waals surface area contributed by atoms with Crippen LogP contribution < -0.4 is 33.6 Å². The van der Waals surface area contributed by atoms with Gasteiger partial charge < -0.3 is 33.6 Å². The van der Waals surface area contributed by atoms with Gasteiger partial charge in [-0.3, -0.25) is 14.6 Å². The summed E-state index contributed by atoms with van der Waals surface area (Å²) >= 11 is 0. The highest BCUT2D eigenvalue weighted by Crippen LogP contribution is 2.29.